The lowest BCUT2D eigenvalue weighted by Gasteiger charge is -2.32. The van der Waals surface area contributed by atoms with E-state index in [0.29, 0.717) is 38.8 Å². The van der Waals surface area contributed by atoms with E-state index in [9.17, 15) is 9.59 Å². The fraction of sp³-hybridized carbons (Fsp3) is 0.364. The van der Waals surface area contributed by atoms with Crippen molar-refractivity contribution in [1.82, 2.24) is 0 Å². The minimum atomic E-state index is -0.578. The van der Waals surface area contributed by atoms with Gasteiger partial charge in [-0.1, -0.05) is 30.3 Å². The zero-order valence-corrected chi connectivity index (χ0v) is 15.0. The molecule has 4 heteroatoms. The molecule has 1 saturated carbocycles. The molecule has 1 aliphatic heterocycles. The molecule has 0 aromatic heterocycles. The Labute approximate surface area is 153 Å². The predicted octanol–water partition coefficient (Wildman–Crippen LogP) is 4.01. The molecule has 0 radical (unpaired) electrons. The quantitative estimate of drug-likeness (QED) is 0.838. The summed E-state index contributed by atoms with van der Waals surface area (Å²) in [6.07, 6.45) is 2.14. The summed E-state index contributed by atoms with van der Waals surface area (Å²) in [5.74, 6) is 1.17. The number of anilines is 1. The van der Waals surface area contributed by atoms with Gasteiger partial charge >= 0.3 is 0 Å². The summed E-state index contributed by atoms with van der Waals surface area (Å²) >= 11 is 0. The van der Waals surface area contributed by atoms with Gasteiger partial charge < -0.3 is 9.64 Å². The monoisotopic (exact) mass is 349 g/mol. The number of carbonyl (C=O) groups is 2. The molecule has 1 fully saturated rings. The first kappa shape index (κ1) is 16.8. The number of carbonyl (C=O) groups excluding carboxylic acids is 2. The molecule has 134 valence electrons. The Morgan fingerprint density at radius 2 is 1.77 bits per heavy atom. The number of nitrogens with zero attached hydrogens (tertiary/aromatic N) is 1. The first-order valence-corrected chi connectivity index (χ1v) is 9.29. The van der Waals surface area contributed by atoms with Gasteiger partial charge in [-0.2, -0.15) is 0 Å². The van der Waals surface area contributed by atoms with Crippen molar-refractivity contribution >= 4 is 17.4 Å². The Balaban J connectivity index is 1.76. The highest BCUT2D eigenvalue weighted by Crippen LogP contribution is 2.51. The predicted molar refractivity (Wildman–Crippen MR) is 100 cm³/mol. The number of fused-ring (bicyclic) bond motifs is 2. The van der Waals surface area contributed by atoms with Crippen LogP contribution in [0.5, 0.6) is 5.75 Å². The second kappa shape index (κ2) is 6.60. The summed E-state index contributed by atoms with van der Waals surface area (Å²) in [4.78, 5) is 27.2. The lowest BCUT2D eigenvalue weighted by Crippen LogP contribution is -2.42. The smallest absolute Gasteiger partial charge is 0.238 e. The van der Waals surface area contributed by atoms with Crippen molar-refractivity contribution in [3.8, 4) is 5.75 Å². The van der Waals surface area contributed by atoms with E-state index >= 15 is 0 Å². The van der Waals surface area contributed by atoms with E-state index in [0.717, 1.165) is 22.6 Å². The van der Waals surface area contributed by atoms with Crippen LogP contribution >= 0.6 is 0 Å². The fourth-order valence-electron chi connectivity index (χ4n) is 4.24. The van der Waals surface area contributed by atoms with Crippen LogP contribution < -0.4 is 9.64 Å². The van der Waals surface area contributed by atoms with Gasteiger partial charge in [0.15, 0.2) is 0 Å². The zero-order valence-electron chi connectivity index (χ0n) is 15.0. The Bertz CT molecular complexity index is 834. The molecule has 4 nitrogen and oxygen atoms in total. The van der Waals surface area contributed by atoms with Gasteiger partial charge in [-0.25, -0.2) is 0 Å². The minimum Gasteiger partial charge on any atom is -0.494 e. The molecular formula is C22H23NO3. The number of rotatable bonds is 4. The number of ketones is 1. The topological polar surface area (TPSA) is 46.6 Å². The molecule has 2 aromatic carbocycles. The van der Waals surface area contributed by atoms with Crippen LogP contribution in [0.3, 0.4) is 0 Å². The molecule has 26 heavy (non-hydrogen) atoms. The first-order valence-electron chi connectivity index (χ1n) is 9.29. The molecule has 2 aliphatic rings. The van der Waals surface area contributed by atoms with Gasteiger partial charge in [0.1, 0.15) is 11.5 Å². The maximum Gasteiger partial charge on any atom is 0.238 e. The highest BCUT2D eigenvalue weighted by molar-refractivity contribution is 6.09. The van der Waals surface area contributed by atoms with Gasteiger partial charge in [-0.05, 0) is 49.1 Å². The molecule has 0 unspecified atom stereocenters. The van der Waals surface area contributed by atoms with Crippen LogP contribution in [0.25, 0.3) is 0 Å². The number of amides is 1. The van der Waals surface area contributed by atoms with Gasteiger partial charge in [0.25, 0.3) is 0 Å². The summed E-state index contributed by atoms with van der Waals surface area (Å²) in [7, 11) is 0. The molecule has 1 heterocycles. The second-order valence-electron chi connectivity index (χ2n) is 7.11. The summed E-state index contributed by atoms with van der Waals surface area (Å²) in [6.45, 7) is 3.09. The third-order valence-corrected chi connectivity index (χ3v) is 5.58. The second-order valence-corrected chi connectivity index (χ2v) is 7.11. The van der Waals surface area contributed by atoms with Crippen molar-refractivity contribution in [2.24, 2.45) is 0 Å². The van der Waals surface area contributed by atoms with Crippen molar-refractivity contribution in [3.05, 3.63) is 59.7 Å². The van der Waals surface area contributed by atoms with Crippen molar-refractivity contribution in [2.45, 2.75) is 44.6 Å². The summed E-state index contributed by atoms with van der Waals surface area (Å²) in [5.41, 5.74) is 2.50. The largest absolute Gasteiger partial charge is 0.494 e. The third kappa shape index (κ3) is 2.70. The number of ether oxygens (including phenoxy) is 1. The lowest BCUT2D eigenvalue weighted by atomic mass is 9.70. The van der Waals surface area contributed by atoms with Crippen LogP contribution in [0.15, 0.2) is 48.5 Å². The van der Waals surface area contributed by atoms with Crippen molar-refractivity contribution in [3.63, 3.8) is 0 Å². The summed E-state index contributed by atoms with van der Waals surface area (Å²) in [5, 5.41) is 0. The van der Waals surface area contributed by atoms with Gasteiger partial charge in [-0.3, -0.25) is 9.59 Å². The lowest BCUT2D eigenvalue weighted by molar-refractivity contribution is -0.127. The van der Waals surface area contributed by atoms with Crippen LogP contribution in [0.2, 0.25) is 0 Å². The van der Waals surface area contributed by atoms with E-state index in [1.807, 2.05) is 60.4 Å². The van der Waals surface area contributed by atoms with E-state index in [4.69, 9.17) is 4.74 Å². The maximum atomic E-state index is 13.5. The molecular weight excluding hydrogens is 326 g/mol. The standard InChI is InChI=1S/C22H23NO3/c1-2-26-18-8-9-20-19(14-18)22(12-10-17(24)11-13-22)21(25)23(20)15-16-6-4-3-5-7-16/h3-9,14H,2,10-13,15H2,1H3. The van der Waals surface area contributed by atoms with Gasteiger partial charge in [0, 0.05) is 18.5 Å². The average molecular weight is 349 g/mol. The Kier molecular flexibility index (Phi) is 4.27. The van der Waals surface area contributed by atoms with Crippen molar-refractivity contribution in [2.75, 3.05) is 11.5 Å². The van der Waals surface area contributed by atoms with E-state index in [2.05, 4.69) is 0 Å². The first-order chi connectivity index (χ1) is 12.6. The molecule has 1 aliphatic carbocycles. The van der Waals surface area contributed by atoms with Gasteiger partial charge in [-0.15, -0.1) is 0 Å². The fourth-order valence-corrected chi connectivity index (χ4v) is 4.24. The van der Waals surface area contributed by atoms with Crippen LogP contribution in [-0.2, 0) is 21.5 Å². The SMILES string of the molecule is CCOc1ccc2c(c1)C1(CCC(=O)CC1)C(=O)N2Cc1ccccc1. The number of benzene rings is 2. The molecule has 0 atom stereocenters. The van der Waals surface area contributed by atoms with E-state index < -0.39 is 5.41 Å². The summed E-state index contributed by atoms with van der Waals surface area (Å²) in [6, 6.07) is 16.0. The number of hydrogen-bond donors (Lipinski definition) is 0. The van der Waals surface area contributed by atoms with E-state index in [1.165, 1.54) is 0 Å². The highest BCUT2D eigenvalue weighted by atomic mass is 16.5. The van der Waals surface area contributed by atoms with E-state index in [-0.39, 0.29) is 11.7 Å². The summed E-state index contributed by atoms with van der Waals surface area (Å²) < 4.78 is 5.68. The molecule has 0 saturated heterocycles. The third-order valence-electron chi connectivity index (χ3n) is 5.58. The van der Waals surface area contributed by atoms with Crippen LogP contribution in [0.1, 0.15) is 43.7 Å². The molecule has 4 rings (SSSR count). The molecule has 0 N–H and O–H groups in total. The van der Waals surface area contributed by atoms with Crippen molar-refractivity contribution in [1.29, 1.82) is 0 Å². The maximum absolute atomic E-state index is 13.5. The van der Waals surface area contributed by atoms with Gasteiger partial charge in [0.05, 0.1) is 18.6 Å². The zero-order chi connectivity index (χ0) is 18.1. The van der Waals surface area contributed by atoms with Gasteiger partial charge in [0.2, 0.25) is 5.91 Å². The Hall–Kier alpha value is -2.62. The average Bonchev–Trinajstić information content (AvgIpc) is 2.88. The van der Waals surface area contributed by atoms with Crippen molar-refractivity contribution < 1.29 is 14.3 Å². The van der Waals surface area contributed by atoms with Crippen LogP contribution in [0, 0.1) is 0 Å². The number of Topliss-reactive ketones (excluding diaryl/α,β-unsaturated/α-hetero) is 1. The molecule has 1 spiro atoms. The molecule has 2 aromatic rings. The van der Waals surface area contributed by atoms with Crippen LogP contribution in [-0.4, -0.2) is 18.3 Å². The normalized spacial score (nSPS) is 18.3. The molecule has 0 bridgehead atoms. The highest BCUT2D eigenvalue weighted by Gasteiger charge is 2.52. The van der Waals surface area contributed by atoms with Crippen LogP contribution in [0.4, 0.5) is 5.69 Å². The Morgan fingerprint density at radius 1 is 1.04 bits per heavy atom. The van der Waals surface area contributed by atoms with E-state index in [1.54, 1.807) is 0 Å². The Morgan fingerprint density at radius 3 is 2.46 bits per heavy atom. The molecule has 1 amide bonds. The minimum absolute atomic E-state index is 0.123. The number of hydrogen-bond acceptors (Lipinski definition) is 3.